The minimum absolute atomic E-state index is 0. The molecule has 0 unspecified atom stereocenters. The van der Waals surface area contributed by atoms with Gasteiger partial charge in [0, 0.05) is 0 Å². The van der Waals surface area contributed by atoms with Gasteiger partial charge in [0.2, 0.25) is 0 Å². The van der Waals surface area contributed by atoms with Crippen molar-refractivity contribution in [2.45, 2.75) is 0 Å². The molecule has 0 heterocycles. The quantitative estimate of drug-likeness (QED) is 0.217. The Morgan fingerprint density at radius 3 is 0.643 bits per heavy atom. The Bertz CT molecular complexity index is 719. The standard InChI is InChI=1S/2C12H10Te.2HI/c2*1-3-7-11(8-4-1)13-12-9-5-2-6-10-12;;/h2*1-10H;2*1H. The van der Waals surface area contributed by atoms with Crippen molar-refractivity contribution < 1.29 is 0 Å². The molecular weight excluding hydrogens is 797 g/mol. The first-order valence-corrected chi connectivity index (χ1v) is 13.1. The van der Waals surface area contributed by atoms with E-state index in [2.05, 4.69) is 121 Å². The van der Waals surface area contributed by atoms with Gasteiger partial charge in [-0.25, -0.2) is 0 Å². The molecule has 0 spiro atoms. The van der Waals surface area contributed by atoms with Crippen molar-refractivity contribution in [3.05, 3.63) is 121 Å². The molecule has 0 aliphatic heterocycles. The molecule has 0 N–H and O–H groups in total. The molecule has 0 nitrogen and oxygen atoms in total. The van der Waals surface area contributed by atoms with E-state index in [9.17, 15) is 0 Å². The summed E-state index contributed by atoms with van der Waals surface area (Å²) in [7, 11) is 0. The third-order valence-electron chi connectivity index (χ3n) is 3.44. The topological polar surface area (TPSA) is 0 Å². The van der Waals surface area contributed by atoms with Gasteiger partial charge in [-0.05, 0) is 0 Å². The molecule has 0 saturated carbocycles. The summed E-state index contributed by atoms with van der Waals surface area (Å²) in [6.45, 7) is 0. The van der Waals surface area contributed by atoms with Gasteiger partial charge in [-0.15, -0.1) is 48.0 Å². The average Bonchev–Trinajstić information content (AvgIpc) is 2.72. The zero-order valence-corrected chi connectivity index (χ0v) is 24.5. The van der Waals surface area contributed by atoms with E-state index in [4.69, 9.17) is 0 Å². The molecular formula is C24H22I2Te2. The van der Waals surface area contributed by atoms with Crippen LogP contribution in [-0.2, 0) is 0 Å². The van der Waals surface area contributed by atoms with Crippen LogP contribution in [0, 0.1) is 0 Å². The van der Waals surface area contributed by atoms with Gasteiger partial charge in [-0.1, -0.05) is 0 Å². The second-order valence-corrected chi connectivity index (χ2v) is 12.0. The minimum atomic E-state index is -0.153. The molecule has 0 aliphatic rings. The molecule has 0 bridgehead atoms. The summed E-state index contributed by atoms with van der Waals surface area (Å²) in [5.74, 6) is 0. The van der Waals surface area contributed by atoms with Crippen molar-refractivity contribution in [2.24, 2.45) is 0 Å². The van der Waals surface area contributed by atoms with E-state index in [0.717, 1.165) is 0 Å². The first kappa shape index (κ1) is 26.0. The van der Waals surface area contributed by atoms with Crippen molar-refractivity contribution >= 4 is 104 Å². The van der Waals surface area contributed by atoms with Crippen LogP contribution in [0.15, 0.2) is 121 Å². The van der Waals surface area contributed by atoms with Crippen molar-refractivity contribution in [3.8, 4) is 0 Å². The molecule has 4 rings (SSSR count). The number of benzene rings is 4. The summed E-state index contributed by atoms with van der Waals surface area (Å²) in [4.78, 5) is 0. The zero-order chi connectivity index (χ0) is 17.9. The maximum atomic E-state index is 2.22. The fourth-order valence-corrected chi connectivity index (χ4v) is 7.13. The molecule has 0 fully saturated rings. The monoisotopic (exact) mass is 824 g/mol. The molecule has 28 heavy (non-hydrogen) atoms. The molecule has 0 saturated heterocycles. The molecule has 0 aliphatic carbocycles. The molecule has 4 aromatic rings. The number of hydrogen-bond acceptors (Lipinski definition) is 0. The molecule has 144 valence electrons. The van der Waals surface area contributed by atoms with E-state index in [1.165, 1.54) is 14.4 Å². The third-order valence-corrected chi connectivity index (χ3v) is 9.24. The van der Waals surface area contributed by atoms with Crippen LogP contribution in [-0.4, -0.2) is 41.8 Å². The Labute approximate surface area is 222 Å². The summed E-state index contributed by atoms with van der Waals surface area (Å²) in [6.07, 6.45) is 0. The molecule has 4 heteroatoms. The third kappa shape index (κ3) is 10.1. The van der Waals surface area contributed by atoms with Crippen LogP contribution in [0.3, 0.4) is 0 Å². The second kappa shape index (κ2) is 15.7. The second-order valence-electron chi connectivity index (χ2n) is 5.46. The first-order valence-electron chi connectivity index (χ1n) is 8.46. The van der Waals surface area contributed by atoms with E-state index in [1.54, 1.807) is 0 Å². The molecule has 0 aromatic heterocycles. The summed E-state index contributed by atoms with van der Waals surface area (Å²) in [5.41, 5.74) is 0. The summed E-state index contributed by atoms with van der Waals surface area (Å²) in [5, 5.41) is 0. The number of halogens is 2. The Hall–Kier alpha value is -0.0808. The predicted molar refractivity (Wildman–Crippen MR) is 147 cm³/mol. The molecule has 4 aromatic carbocycles. The summed E-state index contributed by atoms with van der Waals surface area (Å²) < 4.78 is 6.00. The predicted octanol–water partition coefficient (Wildman–Crippen LogP) is 3.92. The van der Waals surface area contributed by atoms with Crippen LogP contribution in [0.2, 0.25) is 0 Å². The Balaban J connectivity index is 0.000000261. The van der Waals surface area contributed by atoms with Gasteiger partial charge in [0.1, 0.15) is 0 Å². The van der Waals surface area contributed by atoms with Gasteiger partial charge in [0.05, 0.1) is 0 Å². The Kier molecular flexibility index (Phi) is 14.6. The van der Waals surface area contributed by atoms with Crippen LogP contribution in [0.4, 0.5) is 0 Å². The van der Waals surface area contributed by atoms with Crippen LogP contribution in [0.25, 0.3) is 0 Å². The van der Waals surface area contributed by atoms with Gasteiger partial charge >= 0.3 is 178 Å². The summed E-state index contributed by atoms with van der Waals surface area (Å²) >= 11 is -0.307. The normalized spacial score (nSPS) is 9.14. The van der Waals surface area contributed by atoms with E-state index >= 15 is 0 Å². The Morgan fingerprint density at radius 2 is 0.464 bits per heavy atom. The van der Waals surface area contributed by atoms with E-state index in [0.29, 0.717) is 0 Å². The number of hydrogen-bond donors (Lipinski definition) is 0. The first-order chi connectivity index (χ1) is 12.9. The summed E-state index contributed by atoms with van der Waals surface area (Å²) in [6, 6.07) is 42.9. The van der Waals surface area contributed by atoms with Gasteiger partial charge in [0.25, 0.3) is 0 Å². The van der Waals surface area contributed by atoms with Crippen LogP contribution < -0.4 is 14.4 Å². The van der Waals surface area contributed by atoms with E-state index in [-0.39, 0.29) is 89.8 Å². The molecule has 0 radical (unpaired) electrons. The van der Waals surface area contributed by atoms with Gasteiger partial charge in [0.15, 0.2) is 0 Å². The van der Waals surface area contributed by atoms with Gasteiger partial charge in [-0.2, -0.15) is 0 Å². The van der Waals surface area contributed by atoms with Crippen LogP contribution in [0.1, 0.15) is 0 Å². The van der Waals surface area contributed by atoms with E-state index < -0.39 is 0 Å². The Morgan fingerprint density at radius 1 is 0.286 bits per heavy atom. The fourth-order valence-electron chi connectivity index (χ4n) is 2.23. The van der Waals surface area contributed by atoms with Gasteiger partial charge < -0.3 is 0 Å². The SMILES string of the molecule is I.I.c1ccc([Te]c2ccccc2)cc1.c1ccc([Te]c2ccccc2)cc1. The van der Waals surface area contributed by atoms with Crippen LogP contribution in [0.5, 0.6) is 0 Å². The number of rotatable bonds is 4. The molecule has 0 atom stereocenters. The fraction of sp³-hybridized carbons (Fsp3) is 0. The van der Waals surface area contributed by atoms with E-state index in [1.807, 2.05) is 0 Å². The molecule has 0 amide bonds. The van der Waals surface area contributed by atoms with Gasteiger partial charge in [-0.3, -0.25) is 0 Å². The van der Waals surface area contributed by atoms with Crippen molar-refractivity contribution in [2.75, 3.05) is 0 Å². The van der Waals surface area contributed by atoms with Crippen LogP contribution >= 0.6 is 48.0 Å². The maximum absolute atomic E-state index is 2.22. The zero-order valence-electron chi connectivity index (χ0n) is 15.2. The average molecular weight is 819 g/mol. The van der Waals surface area contributed by atoms with Crippen molar-refractivity contribution in [1.29, 1.82) is 0 Å². The van der Waals surface area contributed by atoms with Crippen molar-refractivity contribution in [1.82, 2.24) is 0 Å². The van der Waals surface area contributed by atoms with Crippen molar-refractivity contribution in [3.63, 3.8) is 0 Å².